The maximum atomic E-state index is 12.7. The van der Waals surface area contributed by atoms with E-state index in [4.69, 9.17) is 0 Å². The normalized spacial score (nSPS) is 21.4. The summed E-state index contributed by atoms with van der Waals surface area (Å²) < 4.78 is 0. The molecule has 2 heterocycles. The van der Waals surface area contributed by atoms with E-state index in [9.17, 15) is 4.79 Å². The van der Waals surface area contributed by atoms with E-state index in [0.29, 0.717) is 11.8 Å². The molecule has 1 saturated heterocycles. The van der Waals surface area contributed by atoms with Crippen LogP contribution in [-0.2, 0) is 11.2 Å². The van der Waals surface area contributed by atoms with Crippen molar-refractivity contribution >= 4 is 23.2 Å². The Hall–Kier alpha value is -1.63. The second-order valence-electron chi connectivity index (χ2n) is 8.33. The Bertz CT molecular complexity index is 666. The van der Waals surface area contributed by atoms with Crippen LogP contribution < -0.4 is 10.6 Å². The average Bonchev–Trinajstić information content (AvgIpc) is 3.37. The number of rotatable bonds is 6. The summed E-state index contributed by atoms with van der Waals surface area (Å²) in [7, 11) is 1.80. The minimum atomic E-state index is 0.263. The molecular formula is C21H35N5OS. The van der Waals surface area contributed by atoms with Crippen molar-refractivity contribution in [2.24, 2.45) is 10.9 Å². The Kier molecular flexibility index (Phi) is 7.71. The molecule has 3 rings (SSSR count). The molecule has 1 atom stereocenters. The number of aromatic nitrogens is 1. The third-order valence-corrected chi connectivity index (χ3v) is 6.95. The lowest BCUT2D eigenvalue weighted by Gasteiger charge is -2.26. The van der Waals surface area contributed by atoms with Gasteiger partial charge in [0.15, 0.2) is 5.96 Å². The van der Waals surface area contributed by atoms with Gasteiger partial charge in [0.1, 0.15) is 0 Å². The van der Waals surface area contributed by atoms with E-state index >= 15 is 0 Å². The number of nitrogens with one attached hydrogen (secondary N) is 2. The fourth-order valence-electron chi connectivity index (χ4n) is 4.09. The Morgan fingerprint density at radius 1 is 1.32 bits per heavy atom. The third kappa shape index (κ3) is 5.69. The Morgan fingerprint density at radius 3 is 2.79 bits per heavy atom. The molecule has 0 bridgehead atoms. The molecule has 1 amide bonds. The summed E-state index contributed by atoms with van der Waals surface area (Å²) >= 11 is 1.74. The molecule has 1 aromatic heterocycles. The fourth-order valence-corrected chi connectivity index (χ4v) is 4.96. The number of carbonyl (C=O) groups excluding carboxylic acids is 1. The number of hydrogen-bond acceptors (Lipinski definition) is 4. The number of amides is 1. The van der Waals surface area contributed by atoms with E-state index in [1.807, 2.05) is 0 Å². The van der Waals surface area contributed by atoms with Crippen molar-refractivity contribution in [3.63, 3.8) is 0 Å². The van der Waals surface area contributed by atoms with Crippen molar-refractivity contribution in [1.82, 2.24) is 20.5 Å². The van der Waals surface area contributed by atoms with Crippen molar-refractivity contribution in [2.75, 3.05) is 26.7 Å². The summed E-state index contributed by atoms with van der Waals surface area (Å²) in [4.78, 5) is 23.8. The van der Waals surface area contributed by atoms with Crippen LogP contribution in [0.1, 0.15) is 69.0 Å². The molecule has 0 aromatic carbocycles. The second-order valence-corrected chi connectivity index (χ2v) is 9.22. The molecule has 2 N–H and O–H groups in total. The molecule has 1 aliphatic carbocycles. The van der Waals surface area contributed by atoms with Gasteiger partial charge in [0.05, 0.1) is 10.7 Å². The van der Waals surface area contributed by atoms with Gasteiger partial charge in [-0.25, -0.2) is 4.98 Å². The number of hydrogen-bond donors (Lipinski definition) is 2. The summed E-state index contributed by atoms with van der Waals surface area (Å²) in [6.07, 6.45) is 7.73. The van der Waals surface area contributed by atoms with E-state index < -0.39 is 0 Å². The summed E-state index contributed by atoms with van der Waals surface area (Å²) in [5.74, 6) is 1.94. The van der Waals surface area contributed by atoms with Gasteiger partial charge < -0.3 is 15.5 Å². The van der Waals surface area contributed by atoms with Crippen LogP contribution in [0, 0.1) is 5.92 Å². The number of carbonyl (C=O) groups is 1. The van der Waals surface area contributed by atoms with E-state index in [2.05, 4.69) is 44.7 Å². The zero-order valence-corrected chi connectivity index (χ0v) is 18.4. The third-order valence-electron chi connectivity index (χ3n) is 5.76. The van der Waals surface area contributed by atoms with Crippen LogP contribution in [0.25, 0.3) is 0 Å². The fraction of sp³-hybridized carbons (Fsp3) is 0.762. The van der Waals surface area contributed by atoms with Crippen molar-refractivity contribution in [2.45, 2.75) is 70.8 Å². The summed E-state index contributed by atoms with van der Waals surface area (Å²) in [5, 5.41) is 10.2. The molecular weight excluding hydrogens is 370 g/mol. The highest BCUT2D eigenvalue weighted by Crippen LogP contribution is 2.26. The van der Waals surface area contributed by atoms with E-state index in [1.165, 1.54) is 24.3 Å². The molecule has 1 aliphatic heterocycles. The van der Waals surface area contributed by atoms with Crippen molar-refractivity contribution in [1.29, 1.82) is 0 Å². The number of likely N-dealkylation sites (tertiary alicyclic amines) is 1. The number of guanidine groups is 1. The van der Waals surface area contributed by atoms with Gasteiger partial charge in [-0.2, -0.15) is 0 Å². The van der Waals surface area contributed by atoms with Crippen LogP contribution in [0.3, 0.4) is 0 Å². The molecule has 2 aliphatic rings. The molecule has 0 spiro atoms. The van der Waals surface area contributed by atoms with Gasteiger partial charge >= 0.3 is 0 Å². The van der Waals surface area contributed by atoms with Crippen LogP contribution in [0.2, 0.25) is 0 Å². The maximum absolute atomic E-state index is 12.7. The monoisotopic (exact) mass is 405 g/mol. The van der Waals surface area contributed by atoms with Crippen molar-refractivity contribution in [3.8, 4) is 0 Å². The van der Waals surface area contributed by atoms with Crippen LogP contribution in [-0.4, -0.2) is 54.5 Å². The highest BCUT2D eigenvalue weighted by atomic mass is 32.1. The first-order valence-electron chi connectivity index (χ1n) is 10.8. The summed E-state index contributed by atoms with van der Waals surface area (Å²) in [6.45, 7) is 6.81. The Morgan fingerprint density at radius 2 is 2.11 bits per heavy atom. The zero-order valence-electron chi connectivity index (χ0n) is 17.5. The van der Waals surface area contributed by atoms with Crippen LogP contribution in [0.4, 0.5) is 0 Å². The highest BCUT2D eigenvalue weighted by molar-refractivity contribution is 7.09. The van der Waals surface area contributed by atoms with Crippen molar-refractivity contribution < 1.29 is 4.79 Å². The van der Waals surface area contributed by atoms with Gasteiger partial charge in [-0.1, -0.05) is 33.1 Å². The first-order chi connectivity index (χ1) is 13.6. The molecule has 2 fully saturated rings. The predicted octanol–water partition coefficient (Wildman–Crippen LogP) is 3.16. The average molecular weight is 406 g/mol. The number of aliphatic imine (C=N–C) groups is 1. The Balaban J connectivity index is 1.40. The molecule has 1 saturated carbocycles. The van der Waals surface area contributed by atoms with Gasteiger partial charge in [0.25, 0.3) is 0 Å². The van der Waals surface area contributed by atoms with E-state index in [-0.39, 0.29) is 12.0 Å². The predicted molar refractivity (Wildman–Crippen MR) is 116 cm³/mol. The lowest BCUT2D eigenvalue weighted by Crippen LogP contribution is -2.46. The quantitative estimate of drug-likeness (QED) is 0.563. The first kappa shape index (κ1) is 21.1. The first-order valence-corrected chi connectivity index (χ1v) is 11.6. The van der Waals surface area contributed by atoms with E-state index in [1.54, 1.807) is 18.4 Å². The van der Waals surface area contributed by atoms with Gasteiger partial charge in [0.2, 0.25) is 5.91 Å². The minimum absolute atomic E-state index is 0.263. The minimum Gasteiger partial charge on any atom is -0.356 e. The van der Waals surface area contributed by atoms with Gasteiger partial charge in [-0.3, -0.25) is 9.79 Å². The number of nitrogens with zero attached hydrogens (tertiary/aromatic N) is 3. The second kappa shape index (κ2) is 10.2. The smallest absolute Gasteiger partial charge is 0.225 e. The molecule has 6 nitrogen and oxygen atoms in total. The van der Waals surface area contributed by atoms with Gasteiger partial charge in [0, 0.05) is 56.4 Å². The largest absolute Gasteiger partial charge is 0.356 e. The zero-order chi connectivity index (χ0) is 19.9. The van der Waals surface area contributed by atoms with Crippen LogP contribution in [0.5, 0.6) is 0 Å². The highest BCUT2D eigenvalue weighted by Gasteiger charge is 2.31. The maximum Gasteiger partial charge on any atom is 0.225 e. The van der Waals surface area contributed by atoms with Crippen LogP contribution >= 0.6 is 11.3 Å². The van der Waals surface area contributed by atoms with Crippen molar-refractivity contribution in [3.05, 3.63) is 16.1 Å². The Labute approximate surface area is 173 Å². The topological polar surface area (TPSA) is 69.6 Å². The van der Waals surface area contributed by atoms with E-state index in [0.717, 1.165) is 57.0 Å². The lowest BCUT2D eigenvalue weighted by molar-refractivity contribution is -0.135. The SMILES string of the molecule is CN=C(NCCc1csc(C(C)C)n1)NC1CCN(C(=O)C2CCCCC2)C1. The molecule has 156 valence electrons. The lowest BCUT2D eigenvalue weighted by atomic mass is 9.88. The molecule has 28 heavy (non-hydrogen) atoms. The van der Waals surface area contributed by atoms with Crippen LogP contribution in [0.15, 0.2) is 10.4 Å². The summed E-state index contributed by atoms with van der Waals surface area (Å²) in [6, 6.07) is 0.283. The standard InChI is InChI=1S/C21H35N5OS/c1-15(2)19-24-18(14-28-19)9-11-23-21(22-3)25-17-10-12-26(13-17)20(27)16-7-5-4-6-8-16/h14-17H,4-13H2,1-3H3,(H2,22,23,25). The molecule has 1 unspecified atom stereocenters. The molecule has 1 aromatic rings. The van der Waals surface area contributed by atoms with Gasteiger partial charge in [-0.15, -0.1) is 11.3 Å². The summed E-state index contributed by atoms with van der Waals surface area (Å²) in [5.41, 5.74) is 1.14. The van der Waals surface area contributed by atoms with Gasteiger partial charge in [-0.05, 0) is 19.3 Å². The number of thiazole rings is 1. The molecule has 7 heteroatoms. The molecule has 0 radical (unpaired) electrons.